The van der Waals surface area contributed by atoms with E-state index in [1.54, 1.807) is 6.07 Å². The van der Waals surface area contributed by atoms with Crippen molar-refractivity contribution in [3.8, 4) is 6.07 Å². The summed E-state index contributed by atoms with van der Waals surface area (Å²) in [6, 6.07) is 3.02. The Morgan fingerprint density at radius 1 is 1.29 bits per heavy atom. The molecule has 0 aliphatic heterocycles. The zero-order chi connectivity index (χ0) is 10.7. The van der Waals surface area contributed by atoms with E-state index in [-0.39, 0.29) is 10.6 Å². The van der Waals surface area contributed by atoms with Gasteiger partial charge in [0.05, 0.1) is 11.1 Å². The molecule has 72 valence electrons. The van der Waals surface area contributed by atoms with Crippen LogP contribution in [0.2, 0.25) is 0 Å². The summed E-state index contributed by atoms with van der Waals surface area (Å²) in [6.45, 7) is 0. The molecular formula is C9H3ClF3N. The number of hydrogen-bond acceptors (Lipinski definition) is 1. The number of halogens is 4. The van der Waals surface area contributed by atoms with Crippen molar-refractivity contribution in [3.05, 3.63) is 41.2 Å². The van der Waals surface area contributed by atoms with E-state index >= 15 is 0 Å². The van der Waals surface area contributed by atoms with E-state index in [0.29, 0.717) is 12.1 Å². The van der Waals surface area contributed by atoms with E-state index in [1.165, 1.54) is 0 Å². The summed E-state index contributed by atoms with van der Waals surface area (Å²) < 4.78 is 37.8. The summed E-state index contributed by atoms with van der Waals surface area (Å²) >= 11 is 5.49. The fourth-order valence-corrected chi connectivity index (χ4v) is 0.991. The van der Waals surface area contributed by atoms with Crippen LogP contribution in [0.4, 0.5) is 13.2 Å². The zero-order valence-corrected chi connectivity index (χ0v) is 7.45. The monoisotopic (exact) mass is 217 g/mol. The van der Waals surface area contributed by atoms with E-state index in [2.05, 4.69) is 0 Å². The number of nitrogens with zero attached hydrogens (tertiary/aromatic N) is 1. The van der Waals surface area contributed by atoms with Crippen LogP contribution in [0, 0.1) is 28.8 Å². The Labute approximate surface area is 83.0 Å². The number of benzene rings is 1. The highest BCUT2D eigenvalue weighted by atomic mass is 35.5. The molecule has 1 aromatic rings. The van der Waals surface area contributed by atoms with Crippen molar-refractivity contribution in [2.75, 3.05) is 0 Å². The van der Waals surface area contributed by atoms with E-state index in [4.69, 9.17) is 16.9 Å². The minimum Gasteiger partial charge on any atom is -0.204 e. The number of allylic oxidation sites excluding steroid dienone is 1. The van der Waals surface area contributed by atoms with Gasteiger partial charge in [0.25, 0.3) is 0 Å². The van der Waals surface area contributed by atoms with Crippen LogP contribution in [0.15, 0.2) is 18.2 Å². The van der Waals surface area contributed by atoms with Crippen molar-refractivity contribution in [2.24, 2.45) is 0 Å². The smallest absolute Gasteiger partial charge is 0.194 e. The summed E-state index contributed by atoms with van der Waals surface area (Å²) in [7, 11) is 0. The Morgan fingerprint density at radius 3 is 2.21 bits per heavy atom. The Morgan fingerprint density at radius 2 is 1.79 bits per heavy atom. The van der Waals surface area contributed by atoms with Crippen LogP contribution >= 0.6 is 11.6 Å². The molecule has 1 nitrogen and oxygen atoms in total. The summed E-state index contributed by atoms with van der Waals surface area (Å²) in [5, 5.41) is 8.07. The van der Waals surface area contributed by atoms with Gasteiger partial charge in [-0.05, 0) is 17.7 Å². The average molecular weight is 218 g/mol. The summed E-state index contributed by atoms with van der Waals surface area (Å²) in [5.41, 5.74) is -0.0791. The average Bonchev–Trinajstić information content (AvgIpc) is 2.13. The third kappa shape index (κ3) is 2.06. The highest BCUT2D eigenvalue weighted by Gasteiger charge is 2.11. The summed E-state index contributed by atoms with van der Waals surface area (Å²) in [6.07, 6.45) is 0.897. The van der Waals surface area contributed by atoms with Gasteiger partial charge >= 0.3 is 0 Å². The molecule has 1 aromatic carbocycles. The molecule has 0 fully saturated rings. The molecule has 1 rings (SSSR count). The molecule has 0 saturated carbocycles. The molecule has 0 bridgehead atoms. The van der Waals surface area contributed by atoms with Crippen LogP contribution in [0.3, 0.4) is 0 Å². The predicted octanol–water partition coefficient (Wildman–Crippen LogP) is 3.21. The molecule has 0 N–H and O–H groups in total. The van der Waals surface area contributed by atoms with Crippen LogP contribution < -0.4 is 0 Å². The van der Waals surface area contributed by atoms with Gasteiger partial charge in [-0.1, -0.05) is 11.6 Å². The predicted molar refractivity (Wildman–Crippen MR) is 45.8 cm³/mol. The topological polar surface area (TPSA) is 23.8 Å². The lowest BCUT2D eigenvalue weighted by molar-refractivity contribution is 0.447. The normalized spacial score (nSPS) is 11.2. The van der Waals surface area contributed by atoms with Gasteiger partial charge in [0.1, 0.15) is 0 Å². The molecule has 0 heterocycles. The number of hydrogen-bond donors (Lipinski definition) is 0. The highest BCUT2D eigenvalue weighted by molar-refractivity contribution is 6.48. The first kappa shape index (κ1) is 10.6. The van der Waals surface area contributed by atoms with Crippen LogP contribution in [0.5, 0.6) is 0 Å². The van der Waals surface area contributed by atoms with Gasteiger partial charge in [-0.25, -0.2) is 13.2 Å². The minimum absolute atomic E-state index is 0.0791. The lowest BCUT2D eigenvalue weighted by Gasteiger charge is -2.00. The molecule has 0 aromatic heterocycles. The second kappa shape index (κ2) is 4.16. The van der Waals surface area contributed by atoms with Gasteiger partial charge < -0.3 is 0 Å². The second-order valence-electron chi connectivity index (χ2n) is 2.38. The van der Waals surface area contributed by atoms with Crippen molar-refractivity contribution in [1.82, 2.24) is 0 Å². The van der Waals surface area contributed by atoms with Crippen LogP contribution in [-0.4, -0.2) is 0 Å². The van der Waals surface area contributed by atoms with E-state index < -0.39 is 17.5 Å². The van der Waals surface area contributed by atoms with Gasteiger partial charge in [-0.3, -0.25) is 0 Å². The Kier molecular flexibility index (Phi) is 3.15. The molecular weight excluding hydrogens is 215 g/mol. The van der Waals surface area contributed by atoms with Gasteiger partial charge in [0.15, 0.2) is 17.5 Å². The second-order valence-corrected chi connectivity index (χ2v) is 2.78. The maximum Gasteiger partial charge on any atom is 0.194 e. The highest BCUT2D eigenvalue weighted by Crippen LogP contribution is 2.22. The zero-order valence-electron chi connectivity index (χ0n) is 6.69. The van der Waals surface area contributed by atoms with E-state index in [9.17, 15) is 13.2 Å². The van der Waals surface area contributed by atoms with Crippen molar-refractivity contribution < 1.29 is 13.2 Å². The standard InChI is InChI=1S/C9H3ClF3N/c10-6(1-2-14)5-3-7(11)9(13)8(12)4-5/h1,3-4H/b6-1-. The van der Waals surface area contributed by atoms with Crippen molar-refractivity contribution in [1.29, 1.82) is 5.26 Å². The molecule has 14 heavy (non-hydrogen) atoms. The maximum atomic E-state index is 12.7. The largest absolute Gasteiger partial charge is 0.204 e. The first-order valence-corrected chi connectivity index (χ1v) is 3.84. The quantitative estimate of drug-likeness (QED) is 0.523. The van der Waals surface area contributed by atoms with Gasteiger partial charge in [0.2, 0.25) is 0 Å². The molecule has 0 aliphatic rings. The Balaban J connectivity index is 3.27. The van der Waals surface area contributed by atoms with Crippen LogP contribution in [-0.2, 0) is 0 Å². The number of nitriles is 1. The van der Waals surface area contributed by atoms with Gasteiger partial charge in [-0.2, -0.15) is 5.26 Å². The molecule has 5 heteroatoms. The SMILES string of the molecule is N#C/C=C(\Cl)c1cc(F)c(F)c(F)c1. The summed E-state index contributed by atoms with van der Waals surface area (Å²) in [5.74, 6) is -4.25. The van der Waals surface area contributed by atoms with Gasteiger partial charge in [0, 0.05) is 6.08 Å². The van der Waals surface area contributed by atoms with Crippen molar-refractivity contribution >= 4 is 16.6 Å². The molecule has 0 radical (unpaired) electrons. The van der Waals surface area contributed by atoms with Gasteiger partial charge in [-0.15, -0.1) is 0 Å². The lowest BCUT2D eigenvalue weighted by atomic mass is 10.2. The third-order valence-corrected chi connectivity index (χ3v) is 1.78. The molecule has 0 saturated heterocycles. The molecule has 0 aliphatic carbocycles. The first-order valence-electron chi connectivity index (χ1n) is 3.46. The lowest BCUT2D eigenvalue weighted by Crippen LogP contribution is -1.92. The molecule has 0 amide bonds. The molecule has 0 atom stereocenters. The van der Waals surface area contributed by atoms with E-state index in [0.717, 1.165) is 6.08 Å². The Hall–Kier alpha value is -1.47. The first-order chi connectivity index (χ1) is 6.56. The van der Waals surface area contributed by atoms with Crippen molar-refractivity contribution in [2.45, 2.75) is 0 Å². The fraction of sp³-hybridized carbons (Fsp3) is 0. The van der Waals surface area contributed by atoms with Crippen molar-refractivity contribution in [3.63, 3.8) is 0 Å². The maximum absolute atomic E-state index is 12.7. The van der Waals surface area contributed by atoms with Crippen LogP contribution in [0.1, 0.15) is 5.56 Å². The van der Waals surface area contributed by atoms with Crippen LogP contribution in [0.25, 0.3) is 5.03 Å². The van der Waals surface area contributed by atoms with E-state index in [1.807, 2.05) is 0 Å². The molecule has 0 unspecified atom stereocenters. The minimum atomic E-state index is -1.56. The third-order valence-electron chi connectivity index (χ3n) is 1.45. The fourth-order valence-electron chi connectivity index (χ4n) is 0.833. The summed E-state index contributed by atoms with van der Waals surface area (Å²) in [4.78, 5) is 0. The molecule has 0 spiro atoms. The Bertz CT molecular complexity index is 411. The number of rotatable bonds is 1.